The van der Waals surface area contributed by atoms with Gasteiger partial charge in [0.1, 0.15) is 0 Å². The van der Waals surface area contributed by atoms with Crippen LogP contribution >= 0.6 is 0 Å². The highest BCUT2D eigenvalue weighted by Crippen LogP contribution is 2.27. The van der Waals surface area contributed by atoms with E-state index in [2.05, 4.69) is 45.1 Å². The lowest BCUT2D eigenvalue weighted by molar-refractivity contribution is 0.308. The molecule has 1 aliphatic rings. The van der Waals surface area contributed by atoms with E-state index < -0.39 is 0 Å². The SMILES string of the molecule is Cc1noc(C2CCN(Cc3ccc(-n4ccnc4)cc3C)C2)n1. The largest absolute Gasteiger partial charge is 0.339 e. The van der Waals surface area contributed by atoms with Crippen LogP contribution in [0.3, 0.4) is 0 Å². The first-order valence-electron chi connectivity index (χ1n) is 8.29. The zero-order chi connectivity index (χ0) is 16.5. The number of rotatable bonds is 4. The van der Waals surface area contributed by atoms with Crippen LogP contribution in [0.4, 0.5) is 0 Å². The Kier molecular flexibility index (Phi) is 3.90. The molecule has 1 unspecified atom stereocenters. The van der Waals surface area contributed by atoms with E-state index in [0.29, 0.717) is 5.92 Å². The van der Waals surface area contributed by atoms with E-state index in [-0.39, 0.29) is 0 Å². The third kappa shape index (κ3) is 2.97. The molecule has 0 bridgehead atoms. The summed E-state index contributed by atoms with van der Waals surface area (Å²) in [6.07, 6.45) is 6.67. The first-order valence-corrected chi connectivity index (χ1v) is 8.29. The van der Waals surface area contributed by atoms with Gasteiger partial charge in [-0.1, -0.05) is 11.2 Å². The second-order valence-corrected chi connectivity index (χ2v) is 6.48. The minimum absolute atomic E-state index is 0.358. The molecule has 0 spiro atoms. The molecule has 1 atom stereocenters. The summed E-state index contributed by atoms with van der Waals surface area (Å²) in [6.45, 7) is 7.04. The monoisotopic (exact) mass is 323 g/mol. The predicted octanol–water partition coefficient (Wildman–Crippen LogP) is 2.86. The minimum atomic E-state index is 0.358. The summed E-state index contributed by atoms with van der Waals surface area (Å²) >= 11 is 0. The van der Waals surface area contributed by atoms with Crippen molar-refractivity contribution in [3.63, 3.8) is 0 Å². The Balaban J connectivity index is 1.44. The maximum Gasteiger partial charge on any atom is 0.231 e. The maximum atomic E-state index is 5.33. The van der Waals surface area contributed by atoms with E-state index in [1.165, 1.54) is 11.1 Å². The summed E-state index contributed by atoms with van der Waals surface area (Å²) in [6, 6.07) is 6.58. The van der Waals surface area contributed by atoms with Crippen molar-refractivity contribution >= 4 is 0 Å². The van der Waals surface area contributed by atoms with Crippen LogP contribution in [0, 0.1) is 13.8 Å². The molecule has 0 radical (unpaired) electrons. The van der Waals surface area contributed by atoms with Crippen molar-refractivity contribution < 1.29 is 4.52 Å². The van der Waals surface area contributed by atoms with Gasteiger partial charge < -0.3 is 9.09 Å². The third-order valence-electron chi connectivity index (χ3n) is 4.69. The highest BCUT2D eigenvalue weighted by Gasteiger charge is 2.28. The molecular weight excluding hydrogens is 302 g/mol. The van der Waals surface area contributed by atoms with Crippen molar-refractivity contribution in [1.82, 2.24) is 24.6 Å². The zero-order valence-corrected chi connectivity index (χ0v) is 14.0. The Bertz CT molecular complexity index is 824. The molecular formula is C18H21N5O. The molecule has 1 aromatic carbocycles. The molecule has 0 amide bonds. The van der Waals surface area contributed by atoms with Crippen molar-refractivity contribution in [1.29, 1.82) is 0 Å². The molecule has 0 aliphatic carbocycles. The van der Waals surface area contributed by atoms with Gasteiger partial charge in [0.25, 0.3) is 0 Å². The van der Waals surface area contributed by atoms with Gasteiger partial charge in [-0.25, -0.2) is 4.98 Å². The number of hydrogen-bond acceptors (Lipinski definition) is 5. The van der Waals surface area contributed by atoms with Gasteiger partial charge >= 0.3 is 0 Å². The third-order valence-corrected chi connectivity index (χ3v) is 4.69. The number of imidazole rings is 1. The number of aromatic nitrogens is 4. The molecule has 1 fully saturated rings. The molecule has 1 aliphatic heterocycles. The van der Waals surface area contributed by atoms with Crippen LogP contribution < -0.4 is 0 Å². The van der Waals surface area contributed by atoms with E-state index >= 15 is 0 Å². The Morgan fingerprint density at radius 1 is 1.29 bits per heavy atom. The Labute approximate surface area is 141 Å². The van der Waals surface area contributed by atoms with Crippen molar-refractivity contribution in [2.45, 2.75) is 32.7 Å². The van der Waals surface area contributed by atoms with E-state index in [1.54, 1.807) is 6.20 Å². The average Bonchev–Trinajstić information content (AvgIpc) is 3.30. The van der Waals surface area contributed by atoms with E-state index in [1.807, 2.05) is 24.0 Å². The average molecular weight is 323 g/mol. The second kappa shape index (κ2) is 6.20. The molecule has 4 rings (SSSR count). The number of hydrogen-bond donors (Lipinski definition) is 0. The van der Waals surface area contributed by atoms with Gasteiger partial charge in [0, 0.05) is 31.2 Å². The lowest BCUT2D eigenvalue weighted by Crippen LogP contribution is -2.20. The zero-order valence-electron chi connectivity index (χ0n) is 14.0. The van der Waals surface area contributed by atoms with Crippen molar-refractivity contribution in [2.75, 3.05) is 13.1 Å². The summed E-state index contributed by atoms with van der Waals surface area (Å²) < 4.78 is 7.36. The fraction of sp³-hybridized carbons (Fsp3) is 0.389. The fourth-order valence-electron chi connectivity index (χ4n) is 3.33. The number of aryl methyl sites for hydroxylation is 2. The number of benzene rings is 1. The quantitative estimate of drug-likeness (QED) is 0.739. The van der Waals surface area contributed by atoms with Gasteiger partial charge in [0.15, 0.2) is 5.82 Å². The highest BCUT2D eigenvalue weighted by molar-refractivity contribution is 5.40. The summed E-state index contributed by atoms with van der Waals surface area (Å²) in [5.41, 5.74) is 3.81. The van der Waals surface area contributed by atoms with E-state index in [9.17, 15) is 0 Å². The predicted molar refractivity (Wildman–Crippen MR) is 90.0 cm³/mol. The van der Waals surface area contributed by atoms with Gasteiger partial charge in [-0.2, -0.15) is 4.98 Å². The van der Waals surface area contributed by atoms with Crippen molar-refractivity contribution in [2.24, 2.45) is 0 Å². The van der Waals surface area contributed by atoms with Crippen LogP contribution in [0.2, 0.25) is 0 Å². The summed E-state index contributed by atoms with van der Waals surface area (Å²) in [5, 5.41) is 3.91. The molecule has 6 heteroatoms. The van der Waals surface area contributed by atoms with E-state index in [0.717, 1.165) is 43.5 Å². The van der Waals surface area contributed by atoms with Gasteiger partial charge in [0.2, 0.25) is 5.89 Å². The topological polar surface area (TPSA) is 60.0 Å². The van der Waals surface area contributed by atoms with Gasteiger partial charge in [-0.3, -0.25) is 4.90 Å². The molecule has 3 aromatic rings. The van der Waals surface area contributed by atoms with E-state index in [4.69, 9.17) is 4.52 Å². The first kappa shape index (κ1) is 15.1. The van der Waals surface area contributed by atoms with Crippen molar-refractivity contribution in [3.8, 4) is 5.69 Å². The smallest absolute Gasteiger partial charge is 0.231 e. The van der Waals surface area contributed by atoms with Gasteiger partial charge in [-0.15, -0.1) is 0 Å². The molecule has 2 aromatic heterocycles. The van der Waals surface area contributed by atoms with Crippen LogP contribution in [0.15, 0.2) is 41.4 Å². The van der Waals surface area contributed by atoms with Gasteiger partial charge in [-0.05, 0) is 50.1 Å². The minimum Gasteiger partial charge on any atom is -0.339 e. The van der Waals surface area contributed by atoms with Crippen LogP contribution in [0.5, 0.6) is 0 Å². The molecule has 6 nitrogen and oxygen atoms in total. The Hall–Kier alpha value is -2.47. The number of likely N-dealkylation sites (tertiary alicyclic amines) is 1. The molecule has 124 valence electrons. The standard InChI is InChI=1S/C18H21N5O/c1-13-9-17(23-8-6-19-12-23)4-3-15(13)10-22-7-5-16(11-22)18-20-14(2)21-24-18/h3-4,6,8-9,12,16H,5,7,10-11H2,1-2H3. The first-order chi connectivity index (χ1) is 11.7. The summed E-state index contributed by atoms with van der Waals surface area (Å²) in [4.78, 5) is 10.9. The number of nitrogens with zero attached hydrogens (tertiary/aromatic N) is 5. The van der Waals surface area contributed by atoms with Crippen LogP contribution in [0.1, 0.15) is 35.2 Å². The molecule has 0 N–H and O–H groups in total. The lowest BCUT2D eigenvalue weighted by Gasteiger charge is -2.17. The van der Waals surface area contributed by atoms with Crippen LogP contribution in [0.25, 0.3) is 5.69 Å². The van der Waals surface area contributed by atoms with Gasteiger partial charge in [0.05, 0.1) is 12.2 Å². The molecule has 1 saturated heterocycles. The van der Waals surface area contributed by atoms with Crippen LogP contribution in [-0.4, -0.2) is 37.7 Å². The highest BCUT2D eigenvalue weighted by atomic mass is 16.5. The normalized spacial score (nSPS) is 18.3. The molecule has 24 heavy (non-hydrogen) atoms. The van der Waals surface area contributed by atoms with Crippen molar-refractivity contribution in [3.05, 3.63) is 59.8 Å². The lowest BCUT2D eigenvalue weighted by atomic mass is 10.1. The molecule has 3 heterocycles. The Morgan fingerprint density at radius 2 is 2.21 bits per heavy atom. The summed E-state index contributed by atoms with van der Waals surface area (Å²) in [7, 11) is 0. The maximum absolute atomic E-state index is 5.33. The molecule has 0 saturated carbocycles. The summed E-state index contributed by atoms with van der Waals surface area (Å²) in [5.74, 6) is 1.85. The van der Waals surface area contributed by atoms with Crippen LogP contribution in [-0.2, 0) is 6.54 Å². The second-order valence-electron chi connectivity index (χ2n) is 6.48. The Morgan fingerprint density at radius 3 is 2.92 bits per heavy atom. The fourth-order valence-corrected chi connectivity index (χ4v) is 3.33.